The first-order chi connectivity index (χ1) is 6.70. The van der Waals surface area contributed by atoms with Gasteiger partial charge in [0.05, 0.1) is 0 Å². The molecule has 1 unspecified atom stereocenters. The molecule has 0 bridgehead atoms. The van der Waals surface area contributed by atoms with E-state index in [0.29, 0.717) is 5.82 Å². The Hall–Kier alpha value is -1.40. The molecular weight excluding hydrogens is 202 g/mol. The van der Waals surface area contributed by atoms with Crippen molar-refractivity contribution in [2.75, 3.05) is 4.90 Å². The number of rotatable bonds is 1. The largest absolute Gasteiger partial charge is 0.311 e. The fourth-order valence-electron chi connectivity index (χ4n) is 1.12. The molecular formula is C8H7N3O2S. The van der Waals surface area contributed by atoms with Crippen molar-refractivity contribution < 1.29 is 9.59 Å². The molecule has 2 amide bonds. The van der Waals surface area contributed by atoms with E-state index in [9.17, 15) is 9.59 Å². The van der Waals surface area contributed by atoms with Crippen LogP contribution in [-0.2, 0) is 4.79 Å². The highest BCUT2D eigenvalue weighted by molar-refractivity contribution is 8.15. The van der Waals surface area contributed by atoms with E-state index in [1.54, 1.807) is 18.2 Å². The number of thioether (sulfide) groups is 1. The number of amides is 2. The summed E-state index contributed by atoms with van der Waals surface area (Å²) in [5.74, 6) is -0.0957. The van der Waals surface area contributed by atoms with Crippen LogP contribution < -0.4 is 10.6 Å². The Bertz CT molecular complexity index is 381. The summed E-state index contributed by atoms with van der Waals surface area (Å²) in [4.78, 5) is 27.7. The van der Waals surface area contributed by atoms with Crippen molar-refractivity contribution >= 4 is 28.7 Å². The highest BCUT2D eigenvalue weighted by Crippen LogP contribution is 2.27. The quantitative estimate of drug-likeness (QED) is 0.731. The first-order valence-electron chi connectivity index (χ1n) is 3.91. The summed E-state index contributed by atoms with van der Waals surface area (Å²) < 4.78 is 0. The second-order valence-corrected chi connectivity index (χ2v) is 3.76. The van der Waals surface area contributed by atoms with Crippen molar-refractivity contribution in [2.24, 2.45) is 5.73 Å². The van der Waals surface area contributed by atoms with Crippen LogP contribution in [0.5, 0.6) is 0 Å². The first kappa shape index (κ1) is 9.17. The zero-order valence-electron chi connectivity index (χ0n) is 7.08. The van der Waals surface area contributed by atoms with Gasteiger partial charge in [-0.25, -0.2) is 9.88 Å². The van der Waals surface area contributed by atoms with Crippen LogP contribution in [0.15, 0.2) is 24.4 Å². The number of pyridine rings is 1. The minimum absolute atomic E-state index is 0.322. The van der Waals surface area contributed by atoms with Crippen molar-refractivity contribution in [3.8, 4) is 0 Å². The van der Waals surface area contributed by atoms with Gasteiger partial charge in [0.15, 0.2) is 0 Å². The number of hydrogen-bond acceptors (Lipinski definition) is 5. The van der Waals surface area contributed by atoms with E-state index in [2.05, 4.69) is 4.98 Å². The lowest BCUT2D eigenvalue weighted by atomic mass is 10.4. The first-order valence-corrected chi connectivity index (χ1v) is 4.79. The lowest BCUT2D eigenvalue weighted by Crippen LogP contribution is -2.35. The molecule has 1 aromatic heterocycles. The Balaban J connectivity index is 2.36. The molecule has 0 aromatic carbocycles. The average Bonchev–Trinajstić information content (AvgIpc) is 2.43. The maximum Gasteiger partial charge on any atom is 0.296 e. The van der Waals surface area contributed by atoms with Gasteiger partial charge in [-0.05, 0) is 23.9 Å². The summed E-state index contributed by atoms with van der Waals surface area (Å²) in [6.07, 6.45) is 1.52. The molecule has 1 aliphatic rings. The minimum atomic E-state index is -0.801. The molecule has 14 heavy (non-hydrogen) atoms. The highest BCUT2D eigenvalue weighted by Gasteiger charge is 2.38. The number of hydrogen-bond donors (Lipinski definition) is 1. The predicted molar refractivity (Wildman–Crippen MR) is 52.7 cm³/mol. The van der Waals surface area contributed by atoms with Gasteiger partial charge < -0.3 is 5.73 Å². The van der Waals surface area contributed by atoms with E-state index >= 15 is 0 Å². The van der Waals surface area contributed by atoms with Crippen LogP contribution in [0, 0.1) is 0 Å². The van der Waals surface area contributed by atoms with Crippen molar-refractivity contribution in [1.29, 1.82) is 0 Å². The van der Waals surface area contributed by atoms with Crippen LogP contribution >= 0.6 is 11.8 Å². The van der Waals surface area contributed by atoms with Crippen molar-refractivity contribution in [2.45, 2.75) is 5.37 Å². The van der Waals surface area contributed by atoms with Crippen molar-refractivity contribution in [1.82, 2.24) is 4.98 Å². The molecule has 1 aliphatic heterocycles. The summed E-state index contributed by atoms with van der Waals surface area (Å²) in [6, 6.07) is 5.01. The molecule has 2 rings (SSSR count). The molecule has 0 spiro atoms. The molecule has 1 aromatic rings. The van der Waals surface area contributed by atoms with E-state index in [1.165, 1.54) is 6.20 Å². The monoisotopic (exact) mass is 209 g/mol. The molecule has 5 nitrogen and oxygen atoms in total. The zero-order chi connectivity index (χ0) is 10.1. The standard InChI is InChI=1S/C8H7N3O2S/c9-6-7(12)11(8(13)14-6)5-3-1-2-4-10-5/h1-4,6H,9H2. The number of imide groups is 1. The Morgan fingerprint density at radius 2 is 2.21 bits per heavy atom. The zero-order valence-corrected chi connectivity index (χ0v) is 7.90. The number of nitrogens with two attached hydrogens (primary N) is 1. The van der Waals surface area contributed by atoms with Crippen LogP contribution in [0.3, 0.4) is 0 Å². The van der Waals surface area contributed by atoms with E-state index in [4.69, 9.17) is 5.73 Å². The van der Waals surface area contributed by atoms with Gasteiger partial charge in [-0.2, -0.15) is 0 Å². The van der Waals surface area contributed by atoms with E-state index in [1.807, 2.05) is 0 Å². The van der Waals surface area contributed by atoms with Crippen LogP contribution in [0.25, 0.3) is 0 Å². The Morgan fingerprint density at radius 3 is 2.71 bits per heavy atom. The van der Waals surface area contributed by atoms with Gasteiger partial charge in [-0.15, -0.1) is 0 Å². The van der Waals surface area contributed by atoms with Gasteiger partial charge in [0.2, 0.25) is 0 Å². The Kier molecular flexibility index (Phi) is 2.22. The maximum atomic E-state index is 11.4. The normalized spacial score (nSPS) is 21.8. The molecule has 2 heterocycles. The minimum Gasteiger partial charge on any atom is -0.311 e. The molecule has 1 atom stereocenters. The highest BCUT2D eigenvalue weighted by atomic mass is 32.2. The average molecular weight is 209 g/mol. The topological polar surface area (TPSA) is 76.3 Å². The molecule has 1 saturated heterocycles. The van der Waals surface area contributed by atoms with E-state index in [0.717, 1.165) is 16.7 Å². The van der Waals surface area contributed by atoms with Gasteiger partial charge >= 0.3 is 0 Å². The number of carbonyl (C=O) groups excluding carboxylic acids is 2. The molecule has 1 fully saturated rings. The lowest BCUT2D eigenvalue weighted by Gasteiger charge is -2.10. The molecule has 0 aliphatic carbocycles. The summed E-state index contributed by atoms with van der Waals surface area (Å²) in [7, 11) is 0. The predicted octanol–water partition coefficient (Wildman–Crippen LogP) is 0.566. The second kappa shape index (κ2) is 3.39. The van der Waals surface area contributed by atoms with Crippen LogP contribution in [0.2, 0.25) is 0 Å². The number of aromatic nitrogens is 1. The summed E-state index contributed by atoms with van der Waals surface area (Å²) in [5.41, 5.74) is 5.42. The molecule has 0 radical (unpaired) electrons. The molecule has 72 valence electrons. The van der Waals surface area contributed by atoms with Gasteiger partial charge in [-0.1, -0.05) is 6.07 Å². The fourth-order valence-corrected chi connectivity index (χ4v) is 1.83. The Labute approximate surface area is 84.3 Å². The summed E-state index contributed by atoms with van der Waals surface area (Å²) in [5, 5.41) is -1.18. The second-order valence-electron chi connectivity index (χ2n) is 2.67. The van der Waals surface area contributed by atoms with Crippen molar-refractivity contribution in [3.05, 3.63) is 24.4 Å². The molecule has 2 N–H and O–H groups in total. The third-order valence-corrected chi connectivity index (χ3v) is 2.59. The van der Waals surface area contributed by atoms with Crippen LogP contribution in [0.4, 0.5) is 10.6 Å². The SMILES string of the molecule is NC1SC(=O)N(c2ccccn2)C1=O. The fraction of sp³-hybridized carbons (Fsp3) is 0.125. The lowest BCUT2D eigenvalue weighted by molar-refractivity contribution is -0.116. The van der Waals surface area contributed by atoms with Crippen molar-refractivity contribution in [3.63, 3.8) is 0 Å². The third kappa shape index (κ3) is 1.38. The number of anilines is 1. The third-order valence-electron chi connectivity index (χ3n) is 1.75. The molecule has 6 heteroatoms. The molecule has 0 saturated carbocycles. The number of carbonyl (C=O) groups is 2. The van der Waals surface area contributed by atoms with E-state index < -0.39 is 11.3 Å². The maximum absolute atomic E-state index is 11.4. The van der Waals surface area contributed by atoms with E-state index in [-0.39, 0.29) is 5.24 Å². The van der Waals surface area contributed by atoms with Crippen LogP contribution in [-0.4, -0.2) is 21.5 Å². The van der Waals surface area contributed by atoms with Gasteiger partial charge in [0.25, 0.3) is 11.1 Å². The number of nitrogens with zero attached hydrogens (tertiary/aromatic N) is 2. The van der Waals surface area contributed by atoms with Crippen LogP contribution in [0.1, 0.15) is 0 Å². The van der Waals surface area contributed by atoms with Gasteiger partial charge in [-0.3, -0.25) is 9.59 Å². The van der Waals surface area contributed by atoms with Gasteiger partial charge in [0, 0.05) is 6.20 Å². The summed E-state index contributed by atoms with van der Waals surface area (Å²) in [6.45, 7) is 0. The smallest absolute Gasteiger partial charge is 0.296 e. The van der Waals surface area contributed by atoms with Gasteiger partial charge in [0.1, 0.15) is 11.2 Å². The summed E-state index contributed by atoms with van der Waals surface area (Å²) >= 11 is 0.807. The Morgan fingerprint density at radius 1 is 1.43 bits per heavy atom.